The molecule has 1 saturated heterocycles. The van der Waals surface area contributed by atoms with Crippen molar-refractivity contribution < 1.29 is 0 Å². The van der Waals surface area contributed by atoms with Crippen molar-refractivity contribution in [3.63, 3.8) is 0 Å². The van der Waals surface area contributed by atoms with E-state index in [2.05, 4.69) is 37.6 Å². The molecule has 2 aromatic rings. The number of aromatic nitrogens is 1. The fraction of sp³-hybridized carbons (Fsp3) is 0.368. The molecule has 0 bridgehead atoms. The fourth-order valence-corrected chi connectivity index (χ4v) is 3.08. The highest BCUT2D eigenvalue weighted by molar-refractivity contribution is 14.0. The minimum absolute atomic E-state index is 0. The molecule has 0 spiro atoms. The van der Waals surface area contributed by atoms with Gasteiger partial charge in [-0.1, -0.05) is 35.9 Å². The summed E-state index contributed by atoms with van der Waals surface area (Å²) in [5.41, 5.74) is 2.17. The number of guanidine groups is 1. The Kier molecular flexibility index (Phi) is 8.44. The molecule has 140 valence electrons. The molecule has 0 aliphatic carbocycles. The van der Waals surface area contributed by atoms with Gasteiger partial charge >= 0.3 is 0 Å². The molecule has 1 fully saturated rings. The summed E-state index contributed by atoms with van der Waals surface area (Å²) in [6, 6.07) is 12.0. The summed E-state index contributed by atoms with van der Waals surface area (Å²) in [4.78, 5) is 11.2. The molecular weight excluding hydrogens is 461 g/mol. The van der Waals surface area contributed by atoms with Gasteiger partial charge in [0.1, 0.15) is 5.82 Å². The zero-order chi connectivity index (χ0) is 17.5. The minimum Gasteiger partial charge on any atom is -0.357 e. The number of nitrogens with one attached hydrogen (secondary N) is 2. The van der Waals surface area contributed by atoms with Gasteiger partial charge in [-0.05, 0) is 36.1 Å². The molecule has 1 aliphatic heterocycles. The number of benzene rings is 1. The molecule has 26 heavy (non-hydrogen) atoms. The van der Waals surface area contributed by atoms with Gasteiger partial charge in [0.05, 0.1) is 0 Å². The summed E-state index contributed by atoms with van der Waals surface area (Å²) in [7, 11) is 1.76. The lowest BCUT2D eigenvalue weighted by Gasteiger charge is -2.16. The molecule has 0 amide bonds. The Labute approximate surface area is 177 Å². The quantitative estimate of drug-likeness (QED) is 0.384. The van der Waals surface area contributed by atoms with Crippen molar-refractivity contribution >= 4 is 47.4 Å². The normalized spacial score (nSPS) is 14.1. The number of hydrogen-bond acceptors (Lipinski definition) is 3. The molecule has 2 N–H and O–H groups in total. The summed E-state index contributed by atoms with van der Waals surface area (Å²) in [5, 5.41) is 7.34. The Morgan fingerprint density at radius 1 is 1.12 bits per heavy atom. The Morgan fingerprint density at radius 3 is 2.50 bits per heavy atom. The third-order valence-corrected chi connectivity index (χ3v) is 4.70. The predicted molar refractivity (Wildman–Crippen MR) is 120 cm³/mol. The van der Waals surface area contributed by atoms with Crippen LogP contribution in [-0.2, 0) is 13.1 Å². The van der Waals surface area contributed by atoms with E-state index < -0.39 is 0 Å². The van der Waals surface area contributed by atoms with E-state index in [0.717, 1.165) is 41.0 Å². The Bertz CT molecular complexity index is 714. The van der Waals surface area contributed by atoms with Gasteiger partial charge in [0.15, 0.2) is 5.96 Å². The van der Waals surface area contributed by atoms with Gasteiger partial charge in [0.2, 0.25) is 0 Å². The van der Waals surface area contributed by atoms with Gasteiger partial charge in [-0.2, -0.15) is 0 Å². The second kappa shape index (κ2) is 10.6. The van der Waals surface area contributed by atoms with E-state index in [-0.39, 0.29) is 24.0 Å². The van der Waals surface area contributed by atoms with Crippen LogP contribution in [0.15, 0.2) is 47.6 Å². The van der Waals surface area contributed by atoms with Gasteiger partial charge < -0.3 is 15.5 Å². The van der Waals surface area contributed by atoms with Gasteiger partial charge in [-0.3, -0.25) is 4.99 Å². The average molecular weight is 486 g/mol. The fourth-order valence-electron chi connectivity index (χ4n) is 2.88. The number of rotatable bonds is 5. The van der Waals surface area contributed by atoms with Gasteiger partial charge in [0.25, 0.3) is 0 Å². The summed E-state index contributed by atoms with van der Waals surface area (Å²) in [6.07, 6.45) is 4.46. The van der Waals surface area contributed by atoms with Crippen LogP contribution in [0.2, 0.25) is 5.02 Å². The van der Waals surface area contributed by atoms with E-state index in [9.17, 15) is 0 Å². The molecule has 5 nitrogen and oxygen atoms in total. The molecule has 0 atom stereocenters. The molecule has 3 rings (SSSR count). The van der Waals surface area contributed by atoms with E-state index in [1.165, 1.54) is 12.8 Å². The maximum atomic E-state index is 6.18. The highest BCUT2D eigenvalue weighted by Crippen LogP contribution is 2.17. The molecule has 1 aliphatic rings. The van der Waals surface area contributed by atoms with Crippen LogP contribution in [-0.4, -0.2) is 31.1 Å². The standard InChI is InChI=1S/C19H24ClN5.HI/c1-21-19(24-14-16-6-2-3-7-17(16)20)23-13-15-8-9-18(22-12-15)25-10-4-5-11-25;/h2-3,6-9,12H,4-5,10-11,13-14H2,1H3,(H2,21,23,24);1H. The summed E-state index contributed by atoms with van der Waals surface area (Å²) < 4.78 is 0. The van der Waals surface area contributed by atoms with Crippen LogP contribution in [0.3, 0.4) is 0 Å². The topological polar surface area (TPSA) is 52.6 Å². The Hall–Kier alpha value is -1.54. The van der Waals surface area contributed by atoms with Crippen molar-refractivity contribution in [3.05, 3.63) is 58.7 Å². The molecular formula is C19H25ClIN5. The van der Waals surface area contributed by atoms with Crippen LogP contribution in [0.4, 0.5) is 5.82 Å². The molecule has 0 radical (unpaired) electrons. The number of hydrogen-bond donors (Lipinski definition) is 2. The van der Waals surface area contributed by atoms with Gasteiger partial charge in [-0.15, -0.1) is 24.0 Å². The van der Waals surface area contributed by atoms with E-state index in [1.807, 2.05) is 30.5 Å². The van der Waals surface area contributed by atoms with Crippen LogP contribution in [0.1, 0.15) is 24.0 Å². The van der Waals surface area contributed by atoms with Crippen LogP contribution in [0, 0.1) is 0 Å². The van der Waals surface area contributed by atoms with Crippen molar-refractivity contribution in [3.8, 4) is 0 Å². The SMILES string of the molecule is CN=C(NCc1ccc(N2CCCC2)nc1)NCc1ccccc1Cl.I. The van der Waals surface area contributed by atoms with E-state index in [4.69, 9.17) is 11.6 Å². The predicted octanol–water partition coefficient (Wildman–Crippen LogP) is 3.82. The van der Waals surface area contributed by atoms with Crippen molar-refractivity contribution in [1.29, 1.82) is 0 Å². The third kappa shape index (κ3) is 5.74. The zero-order valence-electron chi connectivity index (χ0n) is 14.9. The average Bonchev–Trinajstić information content (AvgIpc) is 3.18. The van der Waals surface area contributed by atoms with Crippen LogP contribution in [0.25, 0.3) is 0 Å². The Morgan fingerprint density at radius 2 is 1.85 bits per heavy atom. The van der Waals surface area contributed by atoms with Crippen LogP contribution < -0.4 is 15.5 Å². The summed E-state index contributed by atoms with van der Waals surface area (Å²) in [5.74, 6) is 1.81. The first-order chi connectivity index (χ1) is 12.3. The van der Waals surface area contributed by atoms with Gasteiger partial charge in [0, 0.05) is 44.4 Å². The van der Waals surface area contributed by atoms with Crippen molar-refractivity contribution in [1.82, 2.24) is 15.6 Å². The van der Waals surface area contributed by atoms with Crippen LogP contribution >= 0.6 is 35.6 Å². The van der Waals surface area contributed by atoms with Crippen molar-refractivity contribution in [2.45, 2.75) is 25.9 Å². The first-order valence-electron chi connectivity index (χ1n) is 8.64. The van der Waals surface area contributed by atoms with Crippen LogP contribution in [0.5, 0.6) is 0 Å². The Balaban J connectivity index is 0.00000243. The van der Waals surface area contributed by atoms with Crippen molar-refractivity contribution in [2.24, 2.45) is 4.99 Å². The number of halogens is 2. The molecule has 0 unspecified atom stereocenters. The van der Waals surface area contributed by atoms with E-state index in [1.54, 1.807) is 7.05 Å². The minimum atomic E-state index is 0. The monoisotopic (exact) mass is 485 g/mol. The maximum absolute atomic E-state index is 6.18. The number of anilines is 1. The summed E-state index contributed by atoms with van der Waals surface area (Å²) >= 11 is 6.18. The lowest BCUT2D eigenvalue weighted by Crippen LogP contribution is -2.36. The van der Waals surface area contributed by atoms with Gasteiger partial charge in [-0.25, -0.2) is 4.98 Å². The van der Waals surface area contributed by atoms with Crippen molar-refractivity contribution in [2.75, 3.05) is 25.0 Å². The first kappa shape index (κ1) is 20.8. The molecule has 0 saturated carbocycles. The molecule has 7 heteroatoms. The third-order valence-electron chi connectivity index (χ3n) is 4.33. The summed E-state index contributed by atoms with van der Waals surface area (Å²) in [6.45, 7) is 3.54. The second-order valence-electron chi connectivity index (χ2n) is 6.09. The maximum Gasteiger partial charge on any atom is 0.191 e. The highest BCUT2D eigenvalue weighted by Gasteiger charge is 2.12. The number of pyridine rings is 1. The lowest BCUT2D eigenvalue weighted by atomic mass is 10.2. The number of aliphatic imine (C=N–C) groups is 1. The largest absolute Gasteiger partial charge is 0.357 e. The molecule has 2 heterocycles. The lowest BCUT2D eigenvalue weighted by molar-refractivity contribution is 0.806. The van der Waals surface area contributed by atoms with E-state index in [0.29, 0.717) is 13.1 Å². The first-order valence-corrected chi connectivity index (χ1v) is 9.02. The highest BCUT2D eigenvalue weighted by atomic mass is 127. The zero-order valence-corrected chi connectivity index (χ0v) is 18.0. The van der Waals surface area contributed by atoms with E-state index >= 15 is 0 Å². The number of nitrogens with zero attached hydrogens (tertiary/aromatic N) is 3. The smallest absolute Gasteiger partial charge is 0.191 e. The molecule has 1 aromatic heterocycles. The molecule has 1 aromatic carbocycles. The second-order valence-corrected chi connectivity index (χ2v) is 6.50.